The lowest BCUT2D eigenvalue weighted by atomic mass is 9.97. The molecule has 0 aromatic rings. The van der Waals surface area contributed by atoms with Gasteiger partial charge in [-0.25, -0.2) is 0 Å². The molecule has 2 fully saturated rings. The van der Waals surface area contributed by atoms with Crippen molar-refractivity contribution in [1.82, 2.24) is 5.32 Å². The molecule has 0 radical (unpaired) electrons. The highest BCUT2D eigenvalue weighted by Crippen LogP contribution is 2.29. The molecule has 0 saturated carbocycles. The summed E-state index contributed by atoms with van der Waals surface area (Å²) in [7, 11) is 0. The van der Waals surface area contributed by atoms with E-state index in [-0.39, 0.29) is 18.9 Å². The molecule has 12 atom stereocenters. The van der Waals surface area contributed by atoms with Gasteiger partial charge in [0.2, 0.25) is 5.91 Å². The van der Waals surface area contributed by atoms with E-state index in [0.717, 1.165) is 64.2 Å². The molecule has 2 aliphatic heterocycles. The highest BCUT2D eigenvalue weighted by molar-refractivity contribution is 5.76. The fraction of sp³-hybridized carbons (Fsp3) is 0.698. The van der Waals surface area contributed by atoms with Gasteiger partial charge in [-0.2, -0.15) is 0 Å². The molecule has 0 spiro atoms. The van der Waals surface area contributed by atoms with Crippen LogP contribution < -0.4 is 5.32 Å². The first-order chi connectivity index (χ1) is 27.6. The maximum absolute atomic E-state index is 13.0. The number of carbonyl (C=O) groups is 1. The summed E-state index contributed by atoms with van der Waals surface area (Å²) in [5, 5.41) is 85.9. The summed E-state index contributed by atoms with van der Waals surface area (Å²) in [4.78, 5) is 13.0. The van der Waals surface area contributed by atoms with Gasteiger partial charge in [-0.05, 0) is 57.8 Å². The third kappa shape index (κ3) is 19.4. The Bertz CT molecular complexity index is 1240. The Kier molecular flexibility index (Phi) is 27.0. The number of aliphatic hydroxyl groups is 8. The SMILES string of the molecule is CC/C=C\C/C=C\C/C=C\C/C=C\C/C=C\CCCC(=O)NC(COC1OC(CO)C(OC2OC(CO)C(O)C(O)C2O)C(O)C1O)C(O)/C=C/CCCCCC. The molecule has 2 aliphatic rings. The number of hydrogen-bond donors (Lipinski definition) is 9. The largest absolute Gasteiger partial charge is 0.394 e. The molecule has 0 bridgehead atoms. The second-order valence-corrected chi connectivity index (χ2v) is 14.4. The minimum absolute atomic E-state index is 0.198. The maximum atomic E-state index is 13.0. The molecule has 14 heteroatoms. The third-order valence-electron chi connectivity index (χ3n) is 9.65. The highest BCUT2D eigenvalue weighted by atomic mass is 16.7. The Balaban J connectivity index is 1.90. The van der Waals surface area contributed by atoms with Gasteiger partial charge >= 0.3 is 0 Å². The number of unbranched alkanes of at least 4 members (excludes halogenated alkanes) is 5. The molecule has 1 amide bonds. The van der Waals surface area contributed by atoms with Crippen LogP contribution in [0.1, 0.15) is 97.3 Å². The van der Waals surface area contributed by atoms with Crippen molar-refractivity contribution in [3.05, 3.63) is 72.9 Å². The summed E-state index contributed by atoms with van der Waals surface area (Å²) in [6, 6.07) is -0.943. The van der Waals surface area contributed by atoms with Crippen LogP contribution in [0.4, 0.5) is 0 Å². The monoisotopic (exact) mass is 809 g/mol. The molecule has 0 aliphatic carbocycles. The Morgan fingerprint density at radius 1 is 0.649 bits per heavy atom. The van der Waals surface area contributed by atoms with Crippen LogP contribution in [0.3, 0.4) is 0 Å². The molecule has 0 aromatic heterocycles. The Labute approximate surface area is 338 Å². The molecule has 12 unspecified atom stereocenters. The van der Waals surface area contributed by atoms with Crippen molar-refractivity contribution < 1.29 is 64.6 Å². The van der Waals surface area contributed by atoms with E-state index in [2.05, 4.69) is 73.8 Å². The molecule has 0 aromatic carbocycles. The second kappa shape index (κ2) is 30.5. The van der Waals surface area contributed by atoms with Gasteiger partial charge in [0.25, 0.3) is 0 Å². The normalized spacial score (nSPS) is 29.9. The van der Waals surface area contributed by atoms with Crippen molar-refractivity contribution in [2.24, 2.45) is 0 Å². The maximum Gasteiger partial charge on any atom is 0.220 e. The van der Waals surface area contributed by atoms with Crippen LogP contribution in [-0.2, 0) is 23.7 Å². The van der Waals surface area contributed by atoms with Crippen LogP contribution in [0.25, 0.3) is 0 Å². The summed E-state index contributed by atoms with van der Waals surface area (Å²) < 4.78 is 22.4. The molecule has 326 valence electrons. The first-order valence-corrected chi connectivity index (χ1v) is 20.7. The predicted molar refractivity (Wildman–Crippen MR) is 216 cm³/mol. The Hall–Kier alpha value is -2.57. The van der Waals surface area contributed by atoms with Gasteiger partial charge in [-0.1, -0.05) is 106 Å². The van der Waals surface area contributed by atoms with Crippen LogP contribution in [0.5, 0.6) is 0 Å². The zero-order valence-corrected chi connectivity index (χ0v) is 33.8. The molecule has 2 rings (SSSR count). The number of nitrogens with one attached hydrogen (secondary N) is 1. The van der Waals surface area contributed by atoms with Crippen molar-refractivity contribution >= 4 is 5.91 Å². The van der Waals surface area contributed by atoms with Crippen molar-refractivity contribution in [3.63, 3.8) is 0 Å². The van der Waals surface area contributed by atoms with Crippen LogP contribution in [0, 0.1) is 0 Å². The van der Waals surface area contributed by atoms with E-state index in [1.54, 1.807) is 6.08 Å². The number of ether oxygens (including phenoxy) is 4. The van der Waals surface area contributed by atoms with Gasteiger partial charge in [0.05, 0.1) is 32.0 Å². The predicted octanol–water partition coefficient (Wildman–Crippen LogP) is 2.92. The van der Waals surface area contributed by atoms with Gasteiger partial charge in [0, 0.05) is 6.42 Å². The van der Waals surface area contributed by atoms with Crippen molar-refractivity contribution in [1.29, 1.82) is 0 Å². The molecule has 2 heterocycles. The van der Waals surface area contributed by atoms with Crippen molar-refractivity contribution in [2.45, 2.75) is 171 Å². The van der Waals surface area contributed by atoms with E-state index in [0.29, 0.717) is 12.8 Å². The van der Waals surface area contributed by atoms with Gasteiger partial charge in [-0.3, -0.25) is 4.79 Å². The Morgan fingerprint density at radius 3 is 1.81 bits per heavy atom. The number of hydrogen-bond acceptors (Lipinski definition) is 13. The lowest BCUT2D eigenvalue weighted by molar-refractivity contribution is -0.359. The lowest BCUT2D eigenvalue weighted by Crippen LogP contribution is -2.65. The zero-order valence-electron chi connectivity index (χ0n) is 33.8. The summed E-state index contributed by atoms with van der Waals surface area (Å²) in [5.74, 6) is -0.308. The van der Waals surface area contributed by atoms with Crippen LogP contribution >= 0.6 is 0 Å². The fourth-order valence-electron chi connectivity index (χ4n) is 6.20. The fourth-order valence-corrected chi connectivity index (χ4v) is 6.20. The van der Waals surface area contributed by atoms with E-state index < -0.39 is 86.8 Å². The molecule has 2 saturated heterocycles. The van der Waals surface area contributed by atoms with E-state index in [1.165, 1.54) is 0 Å². The smallest absolute Gasteiger partial charge is 0.220 e. The zero-order chi connectivity index (χ0) is 41.8. The van der Waals surface area contributed by atoms with Crippen LogP contribution in [0.2, 0.25) is 0 Å². The average Bonchev–Trinajstić information content (AvgIpc) is 3.21. The number of amides is 1. The highest BCUT2D eigenvalue weighted by Gasteiger charge is 2.50. The number of allylic oxidation sites excluding steroid dienone is 11. The lowest BCUT2D eigenvalue weighted by Gasteiger charge is -2.46. The van der Waals surface area contributed by atoms with Gasteiger partial charge in [0.1, 0.15) is 48.8 Å². The standard InChI is InChI=1S/C43H71NO13/c1-3-5-7-9-11-12-13-14-15-16-17-18-19-20-21-23-25-27-35(48)44-31(32(47)26-24-22-10-8-6-4-2)30-54-42-40(53)38(51)41(34(29-46)56-42)57-43-39(52)37(50)36(49)33(28-45)55-43/h5,7,11-12,14-15,17-18,20-21,24,26,31-34,36-43,45-47,49-53H,3-4,6,8-10,13,16,19,22-23,25,27-30H2,1-2H3,(H,44,48)/b7-5-,12-11-,15-14-,18-17-,21-20-,26-24+. The Morgan fingerprint density at radius 2 is 1.21 bits per heavy atom. The quantitative estimate of drug-likeness (QED) is 0.0410. The summed E-state index contributed by atoms with van der Waals surface area (Å²) >= 11 is 0. The van der Waals surface area contributed by atoms with E-state index in [1.807, 2.05) is 12.2 Å². The first kappa shape index (κ1) is 50.6. The van der Waals surface area contributed by atoms with Crippen LogP contribution in [0.15, 0.2) is 72.9 Å². The van der Waals surface area contributed by atoms with Crippen molar-refractivity contribution in [2.75, 3.05) is 19.8 Å². The van der Waals surface area contributed by atoms with Crippen molar-refractivity contribution in [3.8, 4) is 0 Å². The number of aliphatic hydroxyl groups excluding tert-OH is 8. The minimum Gasteiger partial charge on any atom is -0.394 e. The first-order valence-electron chi connectivity index (χ1n) is 20.7. The topological polar surface area (TPSA) is 228 Å². The molecule has 9 N–H and O–H groups in total. The summed E-state index contributed by atoms with van der Waals surface area (Å²) in [6.45, 7) is 2.48. The third-order valence-corrected chi connectivity index (χ3v) is 9.65. The van der Waals surface area contributed by atoms with Gasteiger partial charge in [0.15, 0.2) is 12.6 Å². The number of carbonyl (C=O) groups excluding carboxylic acids is 1. The van der Waals surface area contributed by atoms with E-state index >= 15 is 0 Å². The average molecular weight is 810 g/mol. The van der Waals surface area contributed by atoms with Gasteiger partial charge in [-0.15, -0.1) is 0 Å². The number of rotatable bonds is 28. The molecular formula is C43H71NO13. The van der Waals surface area contributed by atoms with E-state index in [4.69, 9.17) is 18.9 Å². The molecule has 14 nitrogen and oxygen atoms in total. The summed E-state index contributed by atoms with van der Waals surface area (Å²) in [5.41, 5.74) is 0. The summed E-state index contributed by atoms with van der Waals surface area (Å²) in [6.07, 6.45) is 18.6. The molecular weight excluding hydrogens is 738 g/mol. The minimum atomic E-state index is -1.79. The molecule has 57 heavy (non-hydrogen) atoms. The van der Waals surface area contributed by atoms with Crippen LogP contribution in [-0.4, -0.2) is 140 Å². The van der Waals surface area contributed by atoms with E-state index in [9.17, 15) is 45.6 Å². The van der Waals surface area contributed by atoms with Gasteiger partial charge < -0.3 is 65.1 Å². The second-order valence-electron chi connectivity index (χ2n) is 14.4.